The fourth-order valence-corrected chi connectivity index (χ4v) is 2.66. The molecular weight excluding hydrogens is 336 g/mol. The molecule has 1 aliphatic rings. The van der Waals surface area contributed by atoms with Crippen molar-refractivity contribution in [3.8, 4) is 0 Å². The number of halogens is 1. The molecule has 3 rings (SSSR count). The first kappa shape index (κ1) is 18.2. The number of rotatable bonds is 5. The molecule has 0 spiro atoms. The lowest BCUT2D eigenvalue weighted by Gasteiger charge is -2.12. The molecule has 1 saturated carbocycles. The van der Waals surface area contributed by atoms with Crippen LogP contribution in [0.5, 0.6) is 0 Å². The summed E-state index contributed by atoms with van der Waals surface area (Å²) in [5.41, 5.74) is 5.42. The SMILES string of the molecule is Cl.Cn1cnc2c1c(=O)n(CC(=O)NCC(N)C1CC1)c(=O)n2C. The second-order valence-corrected chi connectivity index (χ2v) is 6.07. The summed E-state index contributed by atoms with van der Waals surface area (Å²) >= 11 is 0. The first-order valence-corrected chi connectivity index (χ1v) is 7.53. The second kappa shape index (κ2) is 6.78. The molecule has 0 saturated heterocycles. The predicted molar refractivity (Wildman–Crippen MR) is 91.2 cm³/mol. The molecule has 0 aromatic carbocycles. The van der Waals surface area contributed by atoms with Crippen LogP contribution in [0.3, 0.4) is 0 Å². The number of aromatic nitrogens is 4. The van der Waals surface area contributed by atoms with E-state index in [9.17, 15) is 14.4 Å². The molecule has 24 heavy (non-hydrogen) atoms. The molecule has 1 aliphatic carbocycles. The van der Waals surface area contributed by atoms with Crippen LogP contribution in [0.4, 0.5) is 0 Å². The van der Waals surface area contributed by atoms with Crippen LogP contribution < -0.4 is 22.3 Å². The molecule has 0 aliphatic heterocycles. The van der Waals surface area contributed by atoms with Gasteiger partial charge in [-0.3, -0.25) is 14.2 Å². The van der Waals surface area contributed by atoms with Crippen LogP contribution >= 0.6 is 12.4 Å². The van der Waals surface area contributed by atoms with Crippen LogP contribution in [0.1, 0.15) is 12.8 Å². The van der Waals surface area contributed by atoms with Crippen molar-refractivity contribution in [3.05, 3.63) is 27.2 Å². The zero-order valence-corrected chi connectivity index (χ0v) is 14.4. The smallest absolute Gasteiger partial charge is 0.332 e. The molecule has 0 bridgehead atoms. The van der Waals surface area contributed by atoms with Gasteiger partial charge in [0.25, 0.3) is 5.56 Å². The van der Waals surface area contributed by atoms with Crippen LogP contribution in [0.2, 0.25) is 0 Å². The number of fused-ring (bicyclic) bond motifs is 1. The Bertz CT molecular complexity index is 879. The number of carbonyl (C=O) groups excluding carboxylic acids is 1. The van der Waals surface area contributed by atoms with Gasteiger partial charge in [-0.25, -0.2) is 14.3 Å². The Morgan fingerprint density at radius 3 is 2.71 bits per heavy atom. The Morgan fingerprint density at radius 2 is 2.08 bits per heavy atom. The maximum Gasteiger partial charge on any atom is 0.332 e. The lowest BCUT2D eigenvalue weighted by Crippen LogP contribution is -2.45. The molecule has 132 valence electrons. The Labute approximate surface area is 143 Å². The summed E-state index contributed by atoms with van der Waals surface area (Å²) in [4.78, 5) is 40.8. The average molecular weight is 357 g/mol. The van der Waals surface area contributed by atoms with Gasteiger partial charge >= 0.3 is 5.69 Å². The number of nitrogens with two attached hydrogens (primary N) is 1. The minimum absolute atomic E-state index is 0. The molecule has 2 heterocycles. The highest BCUT2D eigenvalue weighted by Crippen LogP contribution is 2.31. The van der Waals surface area contributed by atoms with Crippen LogP contribution in [0.15, 0.2) is 15.9 Å². The van der Waals surface area contributed by atoms with Gasteiger partial charge in [0.15, 0.2) is 11.2 Å². The number of hydrogen-bond acceptors (Lipinski definition) is 5. The molecular formula is C14H21ClN6O3. The Balaban J connectivity index is 0.00000208. The number of aryl methyl sites for hydroxylation is 2. The Morgan fingerprint density at radius 1 is 1.42 bits per heavy atom. The normalized spacial score (nSPS) is 15.1. The van der Waals surface area contributed by atoms with Gasteiger partial charge < -0.3 is 15.6 Å². The Kier molecular flexibility index (Phi) is 5.14. The lowest BCUT2D eigenvalue weighted by atomic mass is 10.2. The van der Waals surface area contributed by atoms with Crippen LogP contribution in [-0.4, -0.2) is 37.2 Å². The zero-order valence-electron chi connectivity index (χ0n) is 13.6. The van der Waals surface area contributed by atoms with E-state index in [2.05, 4.69) is 10.3 Å². The minimum atomic E-state index is -0.567. The third kappa shape index (κ3) is 3.22. The van der Waals surface area contributed by atoms with Crippen molar-refractivity contribution >= 4 is 29.5 Å². The van der Waals surface area contributed by atoms with Crippen molar-refractivity contribution in [3.63, 3.8) is 0 Å². The van der Waals surface area contributed by atoms with Crippen LogP contribution in [-0.2, 0) is 25.4 Å². The lowest BCUT2D eigenvalue weighted by molar-refractivity contribution is -0.121. The fraction of sp³-hybridized carbons (Fsp3) is 0.571. The van der Waals surface area contributed by atoms with E-state index in [1.807, 2.05) is 0 Å². The monoisotopic (exact) mass is 356 g/mol. The van der Waals surface area contributed by atoms with Gasteiger partial charge in [-0.15, -0.1) is 12.4 Å². The van der Waals surface area contributed by atoms with E-state index in [1.165, 1.54) is 22.5 Å². The second-order valence-electron chi connectivity index (χ2n) is 6.07. The molecule has 9 nitrogen and oxygen atoms in total. The molecule has 2 aromatic rings. The number of nitrogens with one attached hydrogen (secondary N) is 1. The minimum Gasteiger partial charge on any atom is -0.353 e. The summed E-state index contributed by atoms with van der Waals surface area (Å²) in [6.45, 7) is 0.0243. The standard InChI is InChI=1S/C14H20N6O3.ClH/c1-18-7-17-12-11(18)13(22)20(14(23)19(12)2)6-10(21)16-5-9(15)8-3-4-8;/h7-9H,3-6,15H2,1-2H3,(H,16,21);1H. The summed E-state index contributed by atoms with van der Waals surface area (Å²) in [5.74, 6) is 0.0681. The number of nitrogens with zero attached hydrogens (tertiary/aromatic N) is 4. The van der Waals surface area contributed by atoms with Gasteiger partial charge in [-0.05, 0) is 18.8 Å². The summed E-state index contributed by atoms with van der Waals surface area (Å²) in [6, 6.07) is -0.0712. The van der Waals surface area contributed by atoms with E-state index in [0.717, 1.165) is 17.4 Å². The van der Waals surface area contributed by atoms with Gasteiger partial charge in [-0.2, -0.15) is 0 Å². The highest BCUT2D eigenvalue weighted by Gasteiger charge is 2.28. The van der Waals surface area contributed by atoms with Crippen molar-refractivity contribution in [1.82, 2.24) is 24.0 Å². The van der Waals surface area contributed by atoms with Gasteiger partial charge in [-0.1, -0.05) is 0 Å². The topological polar surface area (TPSA) is 117 Å². The maximum absolute atomic E-state index is 12.5. The fourth-order valence-electron chi connectivity index (χ4n) is 2.66. The molecule has 10 heteroatoms. The molecule has 1 fully saturated rings. The molecule has 1 unspecified atom stereocenters. The molecule has 2 aromatic heterocycles. The average Bonchev–Trinajstić information content (AvgIpc) is 3.30. The van der Waals surface area contributed by atoms with E-state index in [1.54, 1.807) is 7.05 Å². The largest absolute Gasteiger partial charge is 0.353 e. The zero-order chi connectivity index (χ0) is 16.7. The quantitative estimate of drug-likeness (QED) is 0.691. The third-order valence-electron chi connectivity index (χ3n) is 4.27. The Hall–Kier alpha value is -2.13. The maximum atomic E-state index is 12.5. The van der Waals surface area contributed by atoms with E-state index in [0.29, 0.717) is 18.1 Å². The highest BCUT2D eigenvalue weighted by atomic mass is 35.5. The first-order chi connectivity index (χ1) is 10.9. The van der Waals surface area contributed by atoms with Gasteiger partial charge in [0, 0.05) is 26.7 Å². The van der Waals surface area contributed by atoms with Crippen molar-refractivity contribution in [2.45, 2.75) is 25.4 Å². The van der Waals surface area contributed by atoms with Crippen molar-refractivity contribution in [2.75, 3.05) is 6.54 Å². The first-order valence-electron chi connectivity index (χ1n) is 7.53. The van der Waals surface area contributed by atoms with E-state index in [-0.39, 0.29) is 30.5 Å². The molecule has 3 N–H and O–H groups in total. The summed E-state index contributed by atoms with van der Waals surface area (Å²) in [6.07, 6.45) is 3.65. The van der Waals surface area contributed by atoms with E-state index >= 15 is 0 Å². The summed E-state index contributed by atoms with van der Waals surface area (Å²) < 4.78 is 3.72. The number of amides is 1. The van der Waals surface area contributed by atoms with E-state index < -0.39 is 17.2 Å². The van der Waals surface area contributed by atoms with Crippen LogP contribution in [0, 0.1) is 5.92 Å². The van der Waals surface area contributed by atoms with E-state index in [4.69, 9.17) is 5.73 Å². The highest BCUT2D eigenvalue weighted by molar-refractivity contribution is 5.85. The summed E-state index contributed by atoms with van der Waals surface area (Å²) in [7, 11) is 3.19. The van der Waals surface area contributed by atoms with Crippen LogP contribution in [0.25, 0.3) is 11.2 Å². The number of imidazole rings is 1. The molecule has 1 amide bonds. The molecule has 1 atom stereocenters. The molecule has 0 radical (unpaired) electrons. The van der Waals surface area contributed by atoms with Crippen molar-refractivity contribution < 1.29 is 4.79 Å². The van der Waals surface area contributed by atoms with Gasteiger partial charge in [0.2, 0.25) is 5.91 Å². The number of carbonyl (C=O) groups is 1. The van der Waals surface area contributed by atoms with Gasteiger partial charge in [0.05, 0.1) is 6.33 Å². The number of hydrogen-bond donors (Lipinski definition) is 2. The van der Waals surface area contributed by atoms with Crippen molar-refractivity contribution in [2.24, 2.45) is 25.7 Å². The third-order valence-corrected chi connectivity index (χ3v) is 4.27. The predicted octanol–water partition coefficient (Wildman–Crippen LogP) is -1.29. The summed E-state index contributed by atoms with van der Waals surface area (Å²) in [5, 5.41) is 2.69. The van der Waals surface area contributed by atoms with Gasteiger partial charge in [0.1, 0.15) is 6.54 Å². The van der Waals surface area contributed by atoms with Crippen molar-refractivity contribution in [1.29, 1.82) is 0 Å².